The van der Waals surface area contributed by atoms with Crippen LogP contribution in [0.1, 0.15) is 34.2 Å². The standard InChI is InChI=1S/C17H15ClF2N6O/c1-10-4-14(26-16(24-10)22-9-23-26)11-6-17(19,20)8-25(7-11)15(27)13-5-12(18)2-3-21-13/h2-5,9,11H,6-8H2,1H3. The number of amides is 1. The van der Waals surface area contributed by atoms with Crippen molar-refractivity contribution in [3.8, 4) is 0 Å². The number of likely N-dealkylation sites (tertiary alicyclic amines) is 1. The molecule has 3 aromatic rings. The molecule has 1 aliphatic heterocycles. The summed E-state index contributed by atoms with van der Waals surface area (Å²) in [4.78, 5) is 26.1. The first-order valence-electron chi connectivity index (χ1n) is 8.28. The third-order valence-electron chi connectivity index (χ3n) is 4.46. The van der Waals surface area contributed by atoms with E-state index in [0.29, 0.717) is 22.2 Å². The molecule has 1 atom stereocenters. The van der Waals surface area contributed by atoms with Crippen LogP contribution in [0.25, 0.3) is 5.78 Å². The van der Waals surface area contributed by atoms with Crippen LogP contribution in [0, 0.1) is 6.92 Å². The molecule has 1 unspecified atom stereocenters. The molecule has 0 spiro atoms. The SMILES string of the molecule is Cc1cc(C2CN(C(=O)c3cc(Cl)ccn3)CC(F)(F)C2)n2ncnc2n1. The minimum absolute atomic E-state index is 0.0377. The van der Waals surface area contributed by atoms with Crippen molar-refractivity contribution in [2.75, 3.05) is 13.1 Å². The number of aryl methyl sites for hydroxylation is 1. The summed E-state index contributed by atoms with van der Waals surface area (Å²) in [5.41, 5.74) is 1.23. The lowest BCUT2D eigenvalue weighted by molar-refractivity contribution is -0.0642. The fourth-order valence-electron chi connectivity index (χ4n) is 3.39. The van der Waals surface area contributed by atoms with Gasteiger partial charge in [0, 0.05) is 35.8 Å². The molecule has 1 amide bonds. The lowest BCUT2D eigenvalue weighted by atomic mass is 9.91. The lowest BCUT2D eigenvalue weighted by Crippen LogP contribution is -2.49. The summed E-state index contributed by atoms with van der Waals surface area (Å²) in [5, 5.41) is 4.41. The molecule has 0 saturated carbocycles. The van der Waals surface area contributed by atoms with Gasteiger partial charge in [-0.25, -0.2) is 18.3 Å². The van der Waals surface area contributed by atoms with E-state index in [1.165, 1.54) is 29.2 Å². The second-order valence-corrected chi connectivity index (χ2v) is 7.03. The topological polar surface area (TPSA) is 76.3 Å². The van der Waals surface area contributed by atoms with E-state index in [4.69, 9.17) is 11.6 Å². The van der Waals surface area contributed by atoms with Crippen LogP contribution in [-0.2, 0) is 0 Å². The number of nitrogens with zero attached hydrogens (tertiary/aromatic N) is 6. The number of pyridine rings is 1. The van der Waals surface area contributed by atoms with Crippen LogP contribution in [0.15, 0.2) is 30.7 Å². The zero-order chi connectivity index (χ0) is 19.2. The van der Waals surface area contributed by atoms with E-state index in [2.05, 4.69) is 20.1 Å². The predicted molar refractivity (Wildman–Crippen MR) is 93.0 cm³/mol. The van der Waals surface area contributed by atoms with Crippen molar-refractivity contribution in [1.29, 1.82) is 0 Å². The summed E-state index contributed by atoms with van der Waals surface area (Å²) in [6.07, 6.45) is 2.31. The molecule has 7 nitrogen and oxygen atoms in total. The Balaban J connectivity index is 1.70. The van der Waals surface area contributed by atoms with Crippen molar-refractivity contribution in [2.24, 2.45) is 0 Å². The fourth-order valence-corrected chi connectivity index (χ4v) is 3.55. The molecule has 3 aromatic heterocycles. The molecule has 10 heteroatoms. The number of hydrogen-bond acceptors (Lipinski definition) is 5. The molecule has 140 valence electrons. The van der Waals surface area contributed by atoms with Gasteiger partial charge in [-0.3, -0.25) is 9.78 Å². The maximum Gasteiger partial charge on any atom is 0.272 e. The van der Waals surface area contributed by atoms with Crippen LogP contribution >= 0.6 is 11.6 Å². The van der Waals surface area contributed by atoms with Gasteiger partial charge in [-0.15, -0.1) is 0 Å². The Labute approximate surface area is 158 Å². The largest absolute Gasteiger partial charge is 0.331 e. The van der Waals surface area contributed by atoms with E-state index in [1.807, 2.05) is 0 Å². The van der Waals surface area contributed by atoms with E-state index >= 15 is 0 Å². The van der Waals surface area contributed by atoms with Gasteiger partial charge in [0.1, 0.15) is 12.0 Å². The lowest BCUT2D eigenvalue weighted by Gasteiger charge is -2.37. The Kier molecular flexibility index (Phi) is 4.26. The molecule has 1 saturated heterocycles. The highest BCUT2D eigenvalue weighted by Crippen LogP contribution is 2.36. The number of fused-ring (bicyclic) bond motifs is 1. The van der Waals surface area contributed by atoms with Crippen molar-refractivity contribution >= 4 is 23.3 Å². The van der Waals surface area contributed by atoms with E-state index in [-0.39, 0.29) is 12.2 Å². The molecular formula is C17H15ClF2N6O. The molecule has 0 bridgehead atoms. The number of halogens is 3. The third-order valence-corrected chi connectivity index (χ3v) is 4.70. The number of carbonyl (C=O) groups is 1. The first-order valence-corrected chi connectivity index (χ1v) is 8.66. The van der Waals surface area contributed by atoms with Crippen LogP contribution in [0.2, 0.25) is 5.02 Å². The van der Waals surface area contributed by atoms with Gasteiger partial charge >= 0.3 is 0 Å². The maximum atomic E-state index is 14.5. The third kappa shape index (κ3) is 3.46. The summed E-state index contributed by atoms with van der Waals surface area (Å²) in [6, 6.07) is 4.60. The number of alkyl halides is 2. The van der Waals surface area contributed by atoms with Crippen LogP contribution in [0.4, 0.5) is 8.78 Å². The van der Waals surface area contributed by atoms with Crippen molar-refractivity contribution in [3.05, 3.63) is 52.8 Å². The van der Waals surface area contributed by atoms with E-state index < -0.39 is 30.7 Å². The first-order chi connectivity index (χ1) is 12.8. The number of hydrogen-bond donors (Lipinski definition) is 0. The average molecular weight is 393 g/mol. The molecule has 0 aliphatic carbocycles. The summed E-state index contributed by atoms with van der Waals surface area (Å²) in [5.74, 6) is -3.90. The number of rotatable bonds is 2. The Morgan fingerprint density at radius 2 is 2.15 bits per heavy atom. The molecule has 0 radical (unpaired) electrons. The molecule has 27 heavy (non-hydrogen) atoms. The number of carbonyl (C=O) groups excluding carboxylic acids is 1. The van der Waals surface area contributed by atoms with Gasteiger partial charge in [0.15, 0.2) is 0 Å². The highest BCUT2D eigenvalue weighted by Gasteiger charge is 2.43. The Hall–Kier alpha value is -2.68. The number of aromatic nitrogens is 5. The molecular weight excluding hydrogens is 378 g/mol. The predicted octanol–water partition coefficient (Wildman–Crippen LogP) is 2.75. The van der Waals surface area contributed by atoms with Gasteiger partial charge in [-0.05, 0) is 25.1 Å². The monoisotopic (exact) mass is 392 g/mol. The summed E-state index contributed by atoms with van der Waals surface area (Å²) < 4.78 is 30.4. The Morgan fingerprint density at radius 3 is 2.93 bits per heavy atom. The van der Waals surface area contributed by atoms with Gasteiger partial charge in [-0.1, -0.05) is 11.6 Å². The minimum Gasteiger partial charge on any atom is -0.331 e. The Bertz CT molecular complexity index is 1020. The molecule has 4 rings (SSSR count). The van der Waals surface area contributed by atoms with Crippen molar-refractivity contribution in [2.45, 2.75) is 25.2 Å². The summed E-state index contributed by atoms with van der Waals surface area (Å²) in [7, 11) is 0. The van der Waals surface area contributed by atoms with E-state index in [1.54, 1.807) is 13.0 Å². The number of piperidine rings is 1. The quantitative estimate of drug-likeness (QED) is 0.670. The van der Waals surface area contributed by atoms with Crippen molar-refractivity contribution in [3.63, 3.8) is 0 Å². The van der Waals surface area contributed by atoms with Crippen LogP contribution in [-0.4, -0.2) is 54.4 Å². The second kappa shape index (κ2) is 6.49. The molecule has 4 heterocycles. The average Bonchev–Trinajstić information content (AvgIpc) is 3.07. The van der Waals surface area contributed by atoms with Gasteiger partial charge in [0.05, 0.1) is 12.2 Å². The van der Waals surface area contributed by atoms with Crippen molar-refractivity contribution in [1.82, 2.24) is 29.5 Å². The smallest absolute Gasteiger partial charge is 0.272 e. The van der Waals surface area contributed by atoms with E-state index in [0.717, 1.165) is 4.90 Å². The molecule has 0 N–H and O–H groups in total. The second-order valence-electron chi connectivity index (χ2n) is 6.60. The fraction of sp³-hybridized carbons (Fsp3) is 0.353. The molecule has 1 aliphatic rings. The maximum absolute atomic E-state index is 14.5. The van der Waals surface area contributed by atoms with Gasteiger partial charge in [0.2, 0.25) is 0 Å². The van der Waals surface area contributed by atoms with Crippen LogP contribution in [0.3, 0.4) is 0 Å². The summed E-state index contributed by atoms with van der Waals surface area (Å²) in [6.45, 7) is 1.21. The molecule has 1 fully saturated rings. The molecule has 0 aromatic carbocycles. The van der Waals surface area contributed by atoms with E-state index in [9.17, 15) is 13.6 Å². The van der Waals surface area contributed by atoms with Gasteiger partial charge in [0.25, 0.3) is 17.6 Å². The highest BCUT2D eigenvalue weighted by atomic mass is 35.5. The zero-order valence-corrected chi connectivity index (χ0v) is 15.1. The van der Waals surface area contributed by atoms with Crippen LogP contribution in [0.5, 0.6) is 0 Å². The van der Waals surface area contributed by atoms with Crippen LogP contribution < -0.4 is 0 Å². The normalized spacial score (nSPS) is 19.4. The van der Waals surface area contributed by atoms with Gasteiger partial charge in [-0.2, -0.15) is 10.1 Å². The Morgan fingerprint density at radius 1 is 1.33 bits per heavy atom. The van der Waals surface area contributed by atoms with Crippen molar-refractivity contribution < 1.29 is 13.6 Å². The zero-order valence-electron chi connectivity index (χ0n) is 14.3. The highest BCUT2D eigenvalue weighted by molar-refractivity contribution is 6.30. The van der Waals surface area contributed by atoms with Gasteiger partial charge < -0.3 is 4.90 Å². The first kappa shape index (κ1) is 17.7. The minimum atomic E-state index is -3.04. The summed E-state index contributed by atoms with van der Waals surface area (Å²) >= 11 is 5.89.